The molecule has 2 heterocycles. The van der Waals surface area contributed by atoms with Crippen molar-refractivity contribution in [1.29, 1.82) is 0 Å². The summed E-state index contributed by atoms with van der Waals surface area (Å²) in [6, 6.07) is 0. The smallest absolute Gasteiger partial charge is 0.283 e. The zero-order valence-electron chi connectivity index (χ0n) is 12.9. The number of ketones is 1. The first-order valence-corrected chi connectivity index (χ1v) is 7.88. The zero-order valence-corrected chi connectivity index (χ0v) is 13.7. The molecule has 0 amide bonds. The van der Waals surface area contributed by atoms with Gasteiger partial charge in [0.15, 0.2) is 5.76 Å². The van der Waals surface area contributed by atoms with Gasteiger partial charge in [0, 0.05) is 5.57 Å². The van der Waals surface area contributed by atoms with Crippen LogP contribution in [0, 0.1) is 0 Å². The second kappa shape index (κ2) is 6.25. The van der Waals surface area contributed by atoms with Gasteiger partial charge in [-0.15, -0.1) is 6.58 Å². The van der Waals surface area contributed by atoms with Gasteiger partial charge in [0.1, 0.15) is 11.3 Å². The third-order valence-corrected chi connectivity index (χ3v) is 4.16. The minimum atomic E-state index is -0.452. The van der Waals surface area contributed by atoms with Crippen LogP contribution in [0.1, 0.15) is 12.0 Å². The number of allylic oxidation sites excluding steroid dienone is 5. The number of hydrogen-bond donors (Lipinski definition) is 1. The Labute approximate surface area is 141 Å². The maximum Gasteiger partial charge on any atom is 0.283 e. The Kier molecular flexibility index (Phi) is 4.13. The molecule has 2 N–H and O–H groups in total. The molecule has 0 spiro atoms. The topological polar surface area (TPSA) is 99.6 Å². The predicted molar refractivity (Wildman–Crippen MR) is 92.5 cm³/mol. The normalized spacial score (nSPS) is 16.2. The maximum absolute atomic E-state index is 12.2. The first kappa shape index (κ1) is 15.9. The molecule has 7 nitrogen and oxygen atoms in total. The lowest BCUT2D eigenvalue weighted by atomic mass is 9.95. The van der Waals surface area contributed by atoms with Crippen molar-refractivity contribution in [3.05, 3.63) is 63.1 Å². The highest BCUT2D eigenvalue weighted by Crippen LogP contribution is 2.24. The van der Waals surface area contributed by atoms with E-state index < -0.39 is 5.56 Å². The van der Waals surface area contributed by atoms with Gasteiger partial charge in [0.2, 0.25) is 10.7 Å². The summed E-state index contributed by atoms with van der Waals surface area (Å²) < 4.78 is 6.53. The Hall–Kier alpha value is -3.00. The van der Waals surface area contributed by atoms with Crippen molar-refractivity contribution < 1.29 is 9.53 Å². The molecule has 0 saturated heterocycles. The van der Waals surface area contributed by atoms with E-state index in [2.05, 4.69) is 16.7 Å². The molecule has 8 heteroatoms. The summed E-state index contributed by atoms with van der Waals surface area (Å²) in [7, 11) is 1.42. The number of carbonyl (C=O) groups is 1. The second-order valence-electron chi connectivity index (χ2n) is 5.00. The number of Topliss-reactive ketones (excluding diaryl/α,β-unsaturated/α-hetero) is 1. The highest BCUT2D eigenvalue weighted by atomic mass is 32.1. The van der Waals surface area contributed by atoms with Gasteiger partial charge in [0.05, 0.1) is 12.7 Å². The highest BCUT2D eigenvalue weighted by molar-refractivity contribution is 7.14. The summed E-state index contributed by atoms with van der Waals surface area (Å²) in [5.41, 5.74) is 8.49. The molecule has 0 atom stereocenters. The molecule has 0 aromatic carbocycles. The van der Waals surface area contributed by atoms with Gasteiger partial charge >= 0.3 is 0 Å². The number of hydrogen-bond acceptors (Lipinski definition) is 7. The molecule has 0 aliphatic heterocycles. The van der Waals surface area contributed by atoms with Crippen molar-refractivity contribution in [3.8, 4) is 0 Å². The molecule has 2 aromatic rings. The molecule has 122 valence electrons. The number of carbonyl (C=O) groups excluding carboxylic acids is 1. The average molecular weight is 342 g/mol. The maximum atomic E-state index is 12.2. The van der Waals surface area contributed by atoms with Crippen molar-refractivity contribution in [1.82, 2.24) is 14.6 Å². The van der Waals surface area contributed by atoms with Crippen molar-refractivity contribution in [2.24, 2.45) is 0 Å². The molecular formula is C16H14N4O3S. The van der Waals surface area contributed by atoms with Gasteiger partial charge in [-0.05, 0) is 30.2 Å². The van der Waals surface area contributed by atoms with Gasteiger partial charge in [-0.2, -0.15) is 14.6 Å². The van der Waals surface area contributed by atoms with E-state index in [1.54, 1.807) is 29.8 Å². The number of nitrogen functional groups attached to an aromatic ring is 1. The summed E-state index contributed by atoms with van der Waals surface area (Å²) >= 11 is 1.22. The van der Waals surface area contributed by atoms with E-state index in [4.69, 9.17) is 10.5 Å². The Balaban J connectivity index is 2.16. The fraction of sp³-hybridized carbons (Fsp3) is 0.125. The van der Waals surface area contributed by atoms with Gasteiger partial charge in [-0.25, -0.2) is 0 Å². The number of anilines is 1. The van der Waals surface area contributed by atoms with Gasteiger partial charge < -0.3 is 10.5 Å². The van der Waals surface area contributed by atoms with E-state index in [1.807, 2.05) is 0 Å². The van der Waals surface area contributed by atoms with Crippen molar-refractivity contribution in [3.63, 3.8) is 0 Å². The second-order valence-corrected chi connectivity index (χ2v) is 5.81. The van der Waals surface area contributed by atoms with Crippen LogP contribution >= 0.6 is 11.3 Å². The summed E-state index contributed by atoms with van der Waals surface area (Å²) in [5, 5.41) is 4.06. The van der Waals surface area contributed by atoms with Crippen molar-refractivity contribution in [2.75, 3.05) is 12.8 Å². The molecule has 0 bridgehead atoms. The van der Waals surface area contributed by atoms with Crippen LogP contribution < -0.4 is 11.3 Å². The first-order chi connectivity index (χ1) is 11.5. The van der Waals surface area contributed by atoms with E-state index in [9.17, 15) is 9.59 Å². The average Bonchev–Trinajstić information content (AvgIpc) is 3.02. The van der Waals surface area contributed by atoms with Crippen LogP contribution in [0.5, 0.6) is 0 Å². The molecule has 0 unspecified atom stereocenters. The minimum absolute atomic E-state index is 0.196. The third-order valence-electron chi connectivity index (χ3n) is 3.48. The number of aromatic nitrogens is 3. The van der Waals surface area contributed by atoms with Crippen LogP contribution in [-0.4, -0.2) is 27.5 Å². The van der Waals surface area contributed by atoms with Crippen LogP contribution in [0.3, 0.4) is 0 Å². The van der Waals surface area contributed by atoms with Gasteiger partial charge in [0.25, 0.3) is 5.56 Å². The number of fused-ring (bicyclic) bond motifs is 1. The monoisotopic (exact) mass is 342 g/mol. The number of ether oxygens (including phenoxy) is 1. The van der Waals surface area contributed by atoms with E-state index in [1.165, 1.54) is 23.0 Å². The zero-order chi connectivity index (χ0) is 17.3. The third kappa shape index (κ3) is 2.67. The fourth-order valence-corrected chi connectivity index (χ4v) is 2.97. The molecule has 0 fully saturated rings. The molecule has 24 heavy (non-hydrogen) atoms. The van der Waals surface area contributed by atoms with E-state index in [0.29, 0.717) is 22.5 Å². The van der Waals surface area contributed by atoms with Crippen LogP contribution in [0.4, 0.5) is 5.82 Å². The molecule has 1 aliphatic rings. The first-order valence-electron chi connectivity index (χ1n) is 7.00. The lowest BCUT2D eigenvalue weighted by molar-refractivity contribution is -0.115. The summed E-state index contributed by atoms with van der Waals surface area (Å²) in [6.07, 6.45) is 6.84. The number of nitrogens with zero attached hydrogens (tertiary/aromatic N) is 3. The summed E-state index contributed by atoms with van der Waals surface area (Å²) in [4.78, 5) is 28.8. The number of rotatable bonds is 4. The lowest BCUT2D eigenvalue weighted by Crippen LogP contribution is -2.17. The minimum Gasteiger partial charge on any atom is -0.493 e. The molecule has 1 aliphatic carbocycles. The standard InChI is InChI=1S/C16H14N4O3S/c1-3-4-10-5-9(7-12(23-2)13(10)21)6-11-14(17)20-16(19-15(11)22)24-8-18-20/h3,5-8H,1,4,17H2,2H3. The molecular weight excluding hydrogens is 328 g/mol. The fourth-order valence-electron chi connectivity index (χ4n) is 2.35. The highest BCUT2D eigenvalue weighted by Gasteiger charge is 2.20. The quantitative estimate of drug-likeness (QED) is 0.850. The lowest BCUT2D eigenvalue weighted by Gasteiger charge is -2.14. The molecule has 2 aromatic heterocycles. The molecule has 3 rings (SSSR count). The molecule has 0 radical (unpaired) electrons. The van der Waals surface area contributed by atoms with Gasteiger partial charge in [-0.1, -0.05) is 17.4 Å². The van der Waals surface area contributed by atoms with Gasteiger partial charge in [-0.3, -0.25) is 9.59 Å². The SMILES string of the molecule is C=CCC1=CC(=Cc2c(N)n3ncsc3nc2=O)C=C(OC)C1=O. The van der Waals surface area contributed by atoms with E-state index in [0.717, 1.165) is 0 Å². The Bertz CT molecular complexity index is 994. The van der Waals surface area contributed by atoms with E-state index in [-0.39, 0.29) is 22.9 Å². The van der Waals surface area contributed by atoms with Crippen LogP contribution in [0.15, 0.2) is 52.0 Å². The van der Waals surface area contributed by atoms with Crippen LogP contribution in [0.2, 0.25) is 0 Å². The van der Waals surface area contributed by atoms with E-state index >= 15 is 0 Å². The van der Waals surface area contributed by atoms with Crippen LogP contribution in [0.25, 0.3) is 11.0 Å². The van der Waals surface area contributed by atoms with Crippen molar-refractivity contribution in [2.45, 2.75) is 6.42 Å². The van der Waals surface area contributed by atoms with Crippen molar-refractivity contribution >= 4 is 34.0 Å². The predicted octanol–water partition coefficient (Wildman–Crippen LogP) is 1.73. The number of methoxy groups -OCH3 is 1. The Morgan fingerprint density at radius 1 is 1.42 bits per heavy atom. The largest absolute Gasteiger partial charge is 0.493 e. The Morgan fingerprint density at radius 3 is 2.92 bits per heavy atom. The van der Waals surface area contributed by atoms with Crippen LogP contribution in [-0.2, 0) is 9.53 Å². The number of nitrogens with two attached hydrogens (primary N) is 1. The molecule has 0 saturated carbocycles. The summed E-state index contributed by atoms with van der Waals surface area (Å²) in [6.45, 7) is 3.64. The Morgan fingerprint density at radius 2 is 2.21 bits per heavy atom. The summed E-state index contributed by atoms with van der Waals surface area (Å²) in [5.74, 6) is 0.191.